The first-order valence-electron chi connectivity index (χ1n) is 14.1. The zero-order valence-corrected chi connectivity index (χ0v) is 24.6. The molecule has 0 spiro atoms. The molecule has 2 aliphatic rings. The molecule has 0 fully saturated rings. The van der Waals surface area contributed by atoms with Crippen molar-refractivity contribution in [1.29, 1.82) is 10.5 Å². The highest BCUT2D eigenvalue weighted by atomic mass is 19.2. The van der Waals surface area contributed by atoms with E-state index in [2.05, 4.69) is 19.7 Å². The Morgan fingerprint density at radius 3 is 1.20 bits per heavy atom. The Morgan fingerprint density at radius 1 is 0.560 bits per heavy atom. The maximum atomic E-state index is 14.8. The monoisotopic (exact) mass is 678 g/mol. The number of rotatable bonds is 2. The van der Waals surface area contributed by atoms with E-state index in [1.165, 1.54) is 36.4 Å². The number of pyridine rings is 2. The lowest BCUT2D eigenvalue weighted by Crippen LogP contribution is -2.25. The van der Waals surface area contributed by atoms with Gasteiger partial charge in [0.1, 0.15) is 0 Å². The molecule has 0 atom stereocenters. The van der Waals surface area contributed by atoms with E-state index in [0.717, 1.165) is 0 Å². The fourth-order valence-corrected chi connectivity index (χ4v) is 6.70. The van der Waals surface area contributed by atoms with Gasteiger partial charge in [-0.15, -0.1) is 0 Å². The van der Waals surface area contributed by atoms with Crippen LogP contribution >= 0.6 is 0 Å². The Balaban J connectivity index is 1.62. The summed E-state index contributed by atoms with van der Waals surface area (Å²) >= 11 is 0. The molecule has 6 nitrogen and oxygen atoms in total. The van der Waals surface area contributed by atoms with Gasteiger partial charge in [0.25, 0.3) is 35.2 Å². The van der Waals surface area contributed by atoms with Crippen LogP contribution in [0.5, 0.6) is 0 Å². The highest BCUT2D eigenvalue weighted by molar-refractivity contribution is 5.94. The van der Waals surface area contributed by atoms with Crippen LogP contribution in [-0.4, -0.2) is 9.97 Å². The minimum Gasteiger partial charge on any atom is -0.226 e. The van der Waals surface area contributed by atoms with E-state index in [0.29, 0.717) is 11.1 Å². The molecule has 7 rings (SSSR count). The third-order valence-electron chi connectivity index (χ3n) is 8.68. The van der Waals surface area contributed by atoms with Crippen molar-refractivity contribution in [3.8, 4) is 56.6 Å². The highest BCUT2D eigenvalue weighted by Crippen LogP contribution is 2.44. The Bertz CT molecular complexity index is 2470. The molecule has 0 aliphatic heterocycles. The zero-order valence-electron chi connectivity index (χ0n) is 24.6. The normalized spacial score (nSPS) is 13.2. The predicted octanol–water partition coefficient (Wildman–Crippen LogP) is 7.17. The van der Waals surface area contributed by atoms with Gasteiger partial charge < -0.3 is 0 Å². The summed E-state index contributed by atoms with van der Waals surface area (Å²) in [4.78, 5) is 11.9. The van der Waals surface area contributed by atoms with Crippen molar-refractivity contribution in [2.24, 2.45) is 0 Å². The number of nitrogens with zero attached hydrogens (tertiary/aromatic N) is 6. The van der Waals surface area contributed by atoms with Crippen LogP contribution in [0.1, 0.15) is 22.3 Å². The van der Waals surface area contributed by atoms with Crippen LogP contribution in [0, 0.1) is 82.9 Å². The lowest BCUT2D eigenvalue weighted by molar-refractivity contribution is 0.410. The molecule has 5 aromatic rings. The quantitative estimate of drug-likeness (QED) is 0.110. The first-order valence-corrected chi connectivity index (χ1v) is 14.1. The minimum atomic E-state index is -1.90. The molecule has 3 aromatic carbocycles. The molecule has 0 unspecified atom stereocenters. The van der Waals surface area contributed by atoms with Gasteiger partial charge >= 0.3 is 0 Å². The predicted molar refractivity (Wildman–Crippen MR) is 160 cm³/mol. The van der Waals surface area contributed by atoms with Crippen LogP contribution in [0.3, 0.4) is 0 Å². The molecule has 0 radical (unpaired) electrons. The molecule has 0 bridgehead atoms. The molecule has 240 valence electrons. The van der Waals surface area contributed by atoms with Gasteiger partial charge in [-0.05, 0) is 80.6 Å². The topological polar surface area (TPSA) is 82.1 Å². The number of halogens is 8. The van der Waals surface area contributed by atoms with Gasteiger partial charge in [0.15, 0.2) is 23.3 Å². The second-order valence-corrected chi connectivity index (χ2v) is 11.1. The highest BCUT2D eigenvalue weighted by Gasteiger charge is 2.34. The van der Waals surface area contributed by atoms with E-state index in [1.54, 1.807) is 0 Å². The summed E-state index contributed by atoms with van der Waals surface area (Å²) in [6.45, 7) is 15.6. The van der Waals surface area contributed by atoms with E-state index >= 15 is 0 Å². The van der Waals surface area contributed by atoms with Gasteiger partial charge in [0.2, 0.25) is 0 Å². The second-order valence-electron chi connectivity index (χ2n) is 11.1. The summed E-state index contributed by atoms with van der Waals surface area (Å²) < 4.78 is 116. The van der Waals surface area contributed by atoms with Crippen molar-refractivity contribution in [1.82, 2.24) is 9.97 Å². The number of hydrogen-bond donors (Lipinski definition) is 0. The molecular weight excluding hydrogens is 668 g/mol. The Kier molecular flexibility index (Phi) is 7.20. The van der Waals surface area contributed by atoms with Crippen molar-refractivity contribution in [2.45, 2.75) is 12.8 Å². The summed E-state index contributed by atoms with van der Waals surface area (Å²) in [7, 11) is 0. The smallest absolute Gasteiger partial charge is 0.226 e. The maximum absolute atomic E-state index is 14.8. The molecule has 0 N–H and O–H groups in total. The molecule has 2 aliphatic carbocycles. The first kappa shape index (κ1) is 31.7. The molecule has 0 amide bonds. The van der Waals surface area contributed by atoms with Crippen molar-refractivity contribution in [3.05, 3.63) is 139 Å². The maximum Gasteiger partial charge on any atom is 0.269 e. The Morgan fingerprint density at radius 2 is 0.900 bits per heavy atom. The summed E-state index contributed by atoms with van der Waals surface area (Å²) in [5, 5.41) is 20.2. The van der Waals surface area contributed by atoms with Crippen molar-refractivity contribution in [3.63, 3.8) is 0 Å². The second kappa shape index (κ2) is 11.4. The molecule has 0 saturated carbocycles. The molecule has 2 heterocycles. The molecule has 14 heteroatoms. The number of hydrogen-bond acceptors (Lipinski definition) is 4. The summed E-state index contributed by atoms with van der Waals surface area (Å²) in [5.41, 5.74) is -1.81. The third kappa shape index (κ3) is 4.36. The third-order valence-corrected chi connectivity index (χ3v) is 8.68. The largest absolute Gasteiger partial charge is 0.269 e. The number of benzene rings is 3. The lowest BCUT2D eigenvalue weighted by atomic mass is 9.89. The Labute approximate surface area is 275 Å². The standard InChI is InChI=1S/C36H10F8N6/c1-47-21(11-45)27-19-7-13-3-5-16(24-31(39)35(43)50-36(44)32(24)40)10-18(13)26(19)28(22(12-46)48-2)20-8-14-4-6-15(9-17(14)25(20)27)23-29(37)33(41)49-34(42)30(23)38/h3-6,9-10H,7-8H2/b27-21-,28-22+. The number of aromatic nitrogens is 2. The zero-order chi connectivity index (χ0) is 35.8. The van der Waals surface area contributed by atoms with Gasteiger partial charge in [-0.1, -0.05) is 24.3 Å². The fourth-order valence-electron chi connectivity index (χ4n) is 6.70. The summed E-state index contributed by atoms with van der Waals surface area (Å²) in [6, 6.07) is 11.2. The van der Waals surface area contributed by atoms with E-state index < -0.39 is 69.6 Å². The number of fused-ring (bicyclic) bond motifs is 6. The average Bonchev–Trinajstić information content (AvgIpc) is 3.67. The van der Waals surface area contributed by atoms with Gasteiger partial charge in [-0.3, -0.25) is 0 Å². The fraction of sp³-hybridized carbons (Fsp3) is 0.0556. The van der Waals surface area contributed by atoms with Gasteiger partial charge in [0.05, 0.1) is 36.4 Å². The van der Waals surface area contributed by atoms with E-state index in [1.807, 2.05) is 12.1 Å². The van der Waals surface area contributed by atoms with Crippen molar-refractivity contribution in [2.75, 3.05) is 0 Å². The van der Waals surface area contributed by atoms with Crippen LogP contribution in [0.25, 0.3) is 65.6 Å². The molecule has 2 aromatic heterocycles. The van der Waals surface area contributed by atoms with Crippen LogP contribution < -0.4 is 10.4 Å². The summed E-state index contributed by atoms with van der Waals surface area (Å²) in [6.07, 6.45) is -0.137. The SMILES string of the molecule is [C-]#[N+]/C(C#N)=c1/c2c(/c(=C(\C#N)[N+]#[C-])c3c1-c1cc(-c4c(F)c(F)nc(F)c4F)ccc1C3)-c1cc(-c3c(F)c(F)nc(F)c3F)ccc1C2. The van der Waals surface area contributed by atoms with Crippen molar-refractivity contribution < 1.29 is 35.1 Å². The van der Waals surface area contributed by atoms with E-state index in [-0.39, 0.29) is 67.8 Å². The van der Waals surface area contributed by atoms with Gasteiger partial charge in [-0.25, -0.2) is 37.8 Å². The summed E-state index contributed by atoms with van der Waals surface area (Å²) in [5.74, 6) is -14.7. The van der Waals surface area contributed by atoms with Crippen LogP contribution in [0.4, 0.5) is 35.1 Å². The Hall–Kier alpha value is -6.90. The van der Waals surface area contributed by atoms with E-state index in [4.69, 9.17) is 13.1 Å². The van der Waals surface area contributed by atoms with E-state index in [9.17, 15) is 45.6 Å². The van der Waals surface area contributed by atoms with Crippen LogP contribution in [0.15, 0.2) is 36.4 Å². The van der Waals surface area contributed by atoms with Gasteiger partial charge in [0, 0.05) is 10.4 Å². The molecule has 50 heavy (non-hydrogen) atoms. The lowest BCUT2D eigenvalue weighted by Gasteiger charge is -2.14. The van der Waals surface area contributed by atoms with Gasteiger partial charge in [-0.2, -0.15) is 27.5 Å². The molecular formula is C36H10F8N6. The van der Waals surface area contributed by atoms with Crippen molar-refractivity contribution >= 4 is 11.4 Å². The first-order chi connectivity index (χ1) is 23.9. The van der Waals surface area contributed by atoms with Crippen LogP contribution in [0.2, 0.25) is 0 Å². The van der Waals surface area contributed by atoms with Crippen LogP contribution in [-0.2, 0) is 12.8 Å². The number of nitriles is 2. The minimum absolute atomic E-state index is 0.0126. The molecule has 0 saturated heterocycles. The average molecular weight is 679 g/mol.